The first-order valence-electron chi connectivity index (χ1n) is 5.07. The van der Waals surface area contributed by atoms with E-state index in [-0.39, 0.29) is 11.7 Å². The SMILES string of the molecule is CC(C)C[C@@H](C(=O)O)N1CCCS1(=O)=O. The Labute approximate surface area is 90.1 Å². The Hall–Kier alpha value is -0.620. The summed E-state index contributed by atoms with van der Waals surface area (Å²) in [4.78, 5) is 11.0. The Bertz CT molecular complexity index is 336. The van der Waals surface area contributed by atoms with Crippen molar-refractivity contribution in [3.63, 3.8) is 0 Å². The van der Waals surface area contributed by atoms with Crippen LogP contribution in [0.3, 0.4) is 0 Å². The molecule has 0 bridgehead atoms. The third-order valence-electron chi connectivity index (χ3n) is 2.47. The minimum absolute atomic E-state index is 0.0782. The van der Waals surface area contributed by atoms with E-state index in [1.807, 2.05) is 13.8 Å². The summed E-state index contributed by atoms with van der Waals surface area (Å²) in [6.07, 6.45) is 0.902. The zero-order valence-electron chi connectivity index (χ0n) is 9.01. The zero-order chi connectivity index (χ0) is 11.6. The van der Waals surface area contributed by atoms with Crippen molar-refractivity contribution in [2.75, 3.05) is 12.3 Å². The summed E-state index contributed by atoms with van der Waals surface area (Å²) in [5.74, 6) is -0.800. The van der Waals surface area contributed by atoms with Gasteiger partial charge in [0.2, 0.25) is 10.0 Å². The van der Waals surface area contributed by atoms with Crippen LogP contribution >= 0.6 is 0 Å². The van der Waals surface area contributed by atoms with Crippen LogP contribution in [-0.4, -0.2) is 42.1 Å². The lowest BCUT2D eigenvalue weighted by atomic mass is 10.0. The second-order valence-corrected chi connectivity index (χ2v) is 6.30. The van der Waals surface area contributed by atoms with Gasteiger partial charge in [-0.2, -0.15) is 4.31 Å². The lowest BCUT2D eigenvalue weighted by Gasteiger charge is -2.23. The molecule has 1 atom stereocenters. The van der Waals surface area contributed by atoms with Crippen molar-refractivity contribution in [2.24, 2.45) is 5.92 Å². The molecule has 1 aliphatic rings. The highest BCUT2D eigenvalue weighted by Gasteiger charge is 2.38. The molecule has 1 aliphatic heterocycles. The number of hydrogen-bond donors (Lipinski definition) is 1. The van der Waals surface area contributed by atoms with Crippen molar-refractivity contribution in [3.05, 3.63) is 0 Å². The van der Waals surface area contributed by atoms with Gasteiger partial charge in [0.05, 0.1) is 5.75 Å². The van der Waals surface area contributed by atoms with Crippen molar-refractivity contribution in [1.29, 1.82) is 0 Å². The molecule has 0 radical (unpaired) electrons. The maximum Gasteiger partial charge on any atom is 0.322 e. The molecule has 1 saturated heterocycles. The average Bonchev–Trinajstić information content (AvgIpc) is 2.40. The number of sulfonamides is 1. The van der Waals surface area contributed by atoms with Gasteiger partial charge in [0, 0.05) is 6.54 Å². The molecular weight excluding hydrogens is 218 g/mol. The summed E-state index contributed by atoms with van der Waals surface area (Å²) in [6.45, 7) is 4.11. The molecule has 1 fully saturated rings. The van der Waals surface area contributed by atoms with Gasteiger partial charge in [0.15, 0.2) is 0 Å². The molecule has 88 valence electrons. The molecule has 0 aromatic carbocycles. The van der Waals surface area contributed by atoms with Gasteiger partial charge in [-0.05, 0) is 18.8 Å². The number of hydrogen-bond acceptors (Lipinski definition) is 3. The van der Waals surface area contributed by atoms with E-state index in [9.17, 15) is 13.2 Å². The van der Waals surface area contributed by atoms with E-state index in [2.05, 4.69) is 0 Å². The van der Waals surface area contributed by atoms with E-state index in [1.54, 1.807) is 0 Å². The first-order chi connectivity index (χ1) is 6.84. The van der Waals surface area contributed by atoms with E-state index in [0.29, 0.717) is 19.4 Å². The van der Waals surface area contributed by atoms with Gasteiger partial charge in [0.1, 0.15) is 6.04 Å². The zero-order valence-corrected chi connectivity index (χ0v) is 9.83. The Morgan fingerprint density at radius 1 is 1.47 bits per heavy atom. The highest BCUT2D eigenvalue weighted by atomic mass is 32.2. The molecular formula is C9H17NO4S. The Morgan fingerprint density at radius 2 is 2.07 bits per heavy atom. The third-order valence-corrected chi connectivity index (χ3v) is 4.42. The third kappa shape index (κ3) is 2.92. The molecule has 15 heavy (non-hydrogen) atoms. The van der Waals surface area contributed by atoms with Crippen molar-refractivity contribution in [3.8, 4) is 0 Å². The van der Waals surface area contributed by atoms with E-state index < -0.39 is 22.0 Å². The largest absolute Gasteiger partial charge is 0.480 e. The molecule has 0 amide bonds. The number of nitrogens with zero attached hydrogens (tertiary/aromatic N) is 1. The summed E-state index contributed by atoms with van der Waals surface area (Å²) in [6, 6.07) is -0.891. The predicted molar refractivity (Wildman–Crippen MR) is 56.0 cm³/mol. The number of aliphatic carboxylic acids is 1. The molecule has 0 aromatic rings. The van der Waals surface area contributed by atoms with Crippen LogP contribution in [0.25, 0.3) is 0 Å². The second kappa shape index (κ2) is 4.49. The summed E-state index contributed by atoms with van der Waals surface area (Å²) in [5.41, 5.74) is 0. The van der Waals surface area contributed by atoms with Crippen LogP contribution in [0.1, 0.15) is 26.7 Å². The normalized spacial score (nSPS) is 23.1. The minimum atomic E-state index is -3.32. The molecule has 0 unspecified atom stereocenters. The predicted octanol–water partition coefficient (Wildman–Crippen LogP) is 0.521. The van der Waals surface area contributed by atoms with Crippen LogP contribution in [0.4, 0.5) is 0 Å². The van der Waals surface area contributed by atoms with Crippen molar-refractivity contribution in [2.45, 2.75) is 32.7 Å². The molecule has 0 saturated carbocycles. The molecule has 1 heterocycles. The van der Waals surface area contributed by atoms with Crippen LogP contribution in [0.5, 0.6) is 0 Å². The first-order valence-corrected chi connectivity index (χ1v) is 6.68. The molecule has 5 nitrogen and oxygen atoms in total. The Kier molecular flexibility index (Phi) is 3.72. The lowest BCUT2D eigenvalue weighted by Crippen LogP contribution is -2.42. The Morgan fingerprint density at radius 3 is 2.40 bits per heavy atom. The van der Waals surface area contributed by atoms with Gasteiger partial charge in [-0.1, -0.05) is 13.8 Å². The molecule has 0 aliphatic carbocycles. The number of carboxylic acid groups (broad SMARTS) is 1. The highest BCUT2D eigenvalue weighted by Crippen LogP contribution is 2.21. The quantitative estimate of drug-likeness (QED) is 0.771. The van der Waals surface area contributed by atoms with E-state index in [0.717, 1.165) is 4.31 Å². The fourth-order valence-corrected chi connectivity index (χ4v) is 3.50. The smallest absolute Gasteiger partial charge is 0.322 e. The fourth-order valence-electron chi connectivity index (χ4n) is 1.80. The summed E-state index contributed by atoms with van der Waals surface area (Å²) >= 11 is 0. The highest BCUT2D eigenvalue weighted by molar-refractivity contribution is 7.89. The summed E-state index contributed by atoms with van der Waals surface area (Å²) < 4.78 is 24.2. The van der Waals surface area contributed by atoms with Crippen LogP contribution < -0.4 is 0 Å². The average molecular weight is 235 g/mol. The van der Waals surface area contributed by atoms with Gasteiger partial charge in [-0.15, -0.1) is 0 Å². The van der Waals surface area contributed by atoms with Crippen LogP contribution in [0.2, 0.25) is 0 Å². The van der Waals surface area contributed by atoms with Gasteiger partial charge in [-0.3, -0.25) is 4.79 Å². The Balaban J connectivity index is 2.85. The van der Waals surface area contributed by atoms with Gasteiger partial charge in [0.25, 0.3) is 0 Å². The second-order valence-electron chi connectivity index (χ2n) is 4.26. The van der Waals surface area contributed by atoms with Crippen molar-refractivity contribution in [1.82, 2.24) is 4.31 Å². The minimum Gasteiger partial charge on any atom is -0.480 e. The lowest BCUT2D eigenvalue weighted by molar-refractivity contribution is -0.141. The van der Waals surface area contributed by atoms with E-state index in [4.69, 9.17) is 5.11 Å². The maximum absolute atomic E-state index is 11.6. The standard InChI is InChI=1S/C9H17NO4S/c1-7(2)6-8(9(11)12)10-4-3-5-15(10,13)14/h7-8H,3-6H2,1-2H3,(H,11,12)/t8-/m0/s1. The molecule has 0 spiro atoms. The van der Waals surface area contributed by atoms with Crippen LogP contribution in [-0.2, 0) is 14.8 Å². The van der Waals surface area contributed by atoms with Crippen molar-refractivity contribution >= 4 is 16.0 Å². The fraction of sp³-hybridized carbons (Fsp3) is 0.889. The number of rotatable bonds is 4. The van der Waals surface area contributed by atoms with Crippen LogP contribution in [0, 0.1) is 5.92 Å². The number of carboxylic acids is 1. The molecule has 1 rings (SSSR count). The van der Waals surface area contributed by atoms with E-state index in [1.165, 1.54) is 0 Å². The summed E-state index contributed by atoms with van der Waals surface area (Å²) in [7, 11) is -3.32. The monoisotopic (exact) mass is 235 g/mol. The number of carbonyl (C=O) groups is 1. The van der Waals surface area contributed by atoms with Crippen molar-refractivity contribution < 1.29 is 18.3 Å². The maximum atomic E-state index is 11.6. The first kappa shape index (κ1) is 12.4. The molecule has 1 N–H and O–H groups in total. The van der Waals surface area contributed by atoms with Gasteiger partial charge < -0.3 is 5.11 Å². The topological polar surface area (TPSA) is 74.7 Å². The van der Waals surface area contributed by atoms with Crippen LogP contribution in [0.15, 0.2) is 0 Å². The van der Waals surface area contributed by atoms with Gasteiger partial charge in [-0.25, -0.2) is 8.42 Å². The molecule has 6 heteroatoms. The van der Waals surface area contributed by atoms with Gasteiger partial charge >= 0.3 is 5.97 Å². The van der Waals surface area contributed by atoms with E-state index >= 15 is 0 Å². The summed E-state index contributed by atoms with van der Waals surface area (Å²) in [5, 5.41) is 9.01. The molecule has 0 aromatic heterocycles.